The summed E-state index contributed by atoms with van der Waals surface area (Å²) in [5.41, 5.74) is 8.27. The van der Waals surface area contributed by atoms with E-state index in [0.717, 1.165) is 22.4 Å². The topological polar surface area (TPSA) is 35.2 Å². The summed E-state index contributed by atoms with van der Waals surface area (Å²) in [5.74, 6) is 0.500. The molecule has 0 saturated heterocycles. The van der Waals surface area contributed by atoms with Gasteiger partial charge >= 0.3 is 0 Å². The molecule has 0 aliphatic rings. The molecule has 0 amide bonds. The third kappa shape index (κ3) is 3.20. The fourth-order valence-electron chi connectivity index (χ4n) is 1.97. The molecule has 0 fully saturated rings. The highest BCUT2D eigenvalue weighted by Gasteiger charge is 2.06. The van der Waals surface area contributed by atoms with Crippen LogP contribution in [0, 0.1) is 5.82 Å². The van der Waals surface area contributed by atoms with Crippen LogP contribution in [0.5, 0.6) is 5.75 Å². The van der Waals surface area contributed by atoms with Gasteiger partial charge in [-0.05, 0) is 41.0 Å². The van der Waals surface area contributed by atoms with Crippen LogP contribution in [0.2, 0.25) is 0 Å². The lowest BCUT2D eigenvalue weighted by Gasteiger charge is -2.10. The molecule has 2 rings (SSSR count). The van der Waals surface area contributed by atoms with Crippen LogP contribution in [-0.4, -0.2) is 13.7 Å². The number of benzene rings is 2. The molecular weight excluding hydrogens is 241 g/mol. The molecule has 98 valence electrons. The van der Waals surface area contributed by atoms with Crippen molar-refractivity contribution in [2.45, 2.75) is 0 Å². The molecule has 0 aliphatic carbocycles. The number of hydrogen-bond acceptors (Lipinski definition) is 2. The van der Waals surface area contributed by atoms with Gasteiger partial charge in [0.1, 0.15) is 11.6 Å². The van der Waals surface area contributed by atoms with E-state index in [4.69, 9.17) is 10.5 Å². The minimum absolute atomic E-state index is 0.261. The van der Waals surface area contributed by atoms with E-state index in [0.29, 0.717) is 6.54 Å². The molecule has 0 saturated carbocycles. The molecule has 3 heteroatoms. The van der Waals surface area contributed by atoms with E-state index in [2.05, 4.69) is 0 Å². The van der Waals surface area contributed by atoms with Crippen molar-refractivity contribution in [1.29, 1.82) is 0 Å². The molecule has 0 heterocycles. The zero-order chi connectivity index (χ0) is 13.7. The second-order valence-electron chi connectivity index (χ2n) is 4.10. The quantitative estimate of drug-likeness (QED) is 0.912. The molecule has 2 nitrogen and oxygen atoms in total. The standard InChI is InChI=1S/C16H16FNO/c1-19-15-7-3-5-13(11-15)16(8-9-18)12-4-2-6-14(17)10-12/h2-8,10-11H,9,18H2,1H3. The molecule has 0 atom stereocenters. The van der Waals surface area contributed by atoms with Gasteiger partial charge in [-0.25, -0.2) is 4.39 Å². The van der Waals surface area contributed by atoms with E-state index in [9.17, 15) is 4.39 Å². The minimum Gasteiger partial charge on any atom is -0.497 e. The maximum atomic E-state index is 13.3. The van der Waals surface area contributed by atoms with Gasteiger partial charge in [0.2, 0.25) is 0 Å². The lowest BCUT2D eigenvalue weighted by molar-refractivity contribution is 0.414. The lowest BCUT2D eigenvalue weighted by Crippen LogP contribution is -1.98. The molecule has 2 N–H and O–H groups in total. The van der Waals surface area contributed by atoms with Crippen molar-refractivity contribution in [2.75, 3.05) is 13.7 Å². The second kappa shape index (κ2) is 6.16. The zero-order valence-electron chi connectivity index (χ0n) is 10.8. The summed E-state index contributed by atoms with van der Waals surface area (Å²) in [6.07, 6.45) is 1.88. The first kappa shape index (κ1) is 13.3. The third-order valence-electron chi connectivity index (χ3n) is 2.84. The first-order valence-corrected chi connectivity index (χ1v) is 6.05. The smallest absolute Gasteiger partial charge is 0.123 e. The molecular formula is C16H16FNO. The largest absolute Gasteiger partial charge is 0.497 e. The fraction of sp³-hybridized carbons (Fsp3) is 0.125. The number of halogens is 1. The van der Waals surface area contributed by atoms with Gasteiger partial charge in [-0.3, -0.25) is 0 Å². The summed E-state index contributed by atoms with van der Waals surface area (Å²) < 4.78 is 18.6. The summed E-state index contributed by atoms with van der Waals surface area (Å²) in [5, 5.41) is 0. The Morgan fingerprint density at radius 2 is 1.84 bits per heavy atom. The molecule has 2 aromatic rings. The van der Waals surface area contributed by atoms with Crippen LogP contribution >= 0.6 is 0 Å². The number of rotatable bonds is 4. The molecule has 0 radical (unpaired) electrons. The number of methoxy groups -OCH3 is 1. The first-order valence-electron chi connectivity index (χ1n) is 6.05. The molecule has 0 bridgehead atoms. The summed E-state index contributed by atoms with van der Waals surface area (Å²) in [4.78, 5) is 0. The van der Waals surface area contributed by atoms with E-state index in [-0.39, 0.29) is 5.82 Å². The highest BCUT2D eigenvalue weighted by molar-refractivity contribution is 5.80. The van der Waals surface area contributed by atoms with E-state index in [1.165, 1.54) is 12.1 Å². The highest BCUT2D eigenvalue weighted by atomic mass is 19.1. The lowest BCUT2D eigenvalue weighted by atomic mass is 9.97. The Bertz CT molecular complexity index is 593. The van der Waals surface area contributed by atoms with Crippen LogP contribution in [-0.2, 0) is 0 Å². The Morgan fingerprint density at radius 3 is 2.47 bits per heavy atom. The van der Waals surface area contributed by atoms with Crippen molar-refractivity contribution >= 4 is 5.57 Å². The number of hydrogen-bond donors (Lipinski definition) is 1. The van der Waals surface area contributed by atoms with Crippen molar-refractivity contribution in [2.24, 2.45) is 5.73 Å². The van der Waals surface area contributed by atoms with Crippen LogP contribution in [0.3, 0.4) is 0 Å². The third-order valence-corrected chi connectivity index (χ3v) is 2.84. The van der Waals surface area contributed by atoms with Crippen molar-refractivity contribution < 1.29 is 9.13 Å². The minimum atomic E-state index is -0.261. The Labute approximate surface area is 112 Å². The normalized spacial score (nSPS) is 11.4. The van der Waals surface area contributed by atoms with Gasteiger partial charge in [0.15, 0.2) is 0 Å². The van der Waals surface area contributed by atoms with Crippen LogP contribution in [0.25, 0.3) is 5.57 Å². The average molecular weight is 257 g/mol. The molecule has 0 aliphatic heterocycles. The van der Waals surface area contributed by atoms with E-state index in [1.807, 2.05) is 36.4 Å². The molecule has 19 heavy (non-hydrogen) atoms. The maximum Gasteiger partial charge on any atom is 0.123 e. The Kier molecular flexibility index (Phi) is 4.31. The van der Waals surface area contributed by atoms with Gasteiger partial charge in [0, 0.05) is 6.54 Å². The summed E-state index contributed by atoms with van der Waals surface area (Å²) >= 11 is 0. The van der Waals surface area contributed by atoms with Gasteiger partial charge in [-0.2, -0.15) is 0 Å². The predicted molar refractivity (Wildman–Crippen MR) is 75.5 cm³/mol. The van der Waals surface area contributed by atoms with E-state index < -0.39 is 0 Å². The van der Waals surface area contributed by atoms with Gasteiger partial charge in [0.25, 0.3) is 0 Å². The molecule has 0 unspecified atom stereocenters. The summed E-state index contributed by atoms with van der Waals surface area (Å²) in [6.45, 7) is 0.392. The van der Waals surface area contributed by atoms with Crippen LogP contribution in [0.15, 0.2) is 54.6 Å². The molecule has 0 spiro atoms. The SMILES string of the molecule is COc1cccc(C(=CCN)c2cccc(F)c2)c1. The van der Waals surface area contributed by atoms with Crippen LogP contribution in [0.4, 0.5) is 4.39 Å². The first-order chi connectivity index (χ1) is 9.24. The van der Waals surface area contributed by atoms with Crippen molar-refractivity contribution in [3.05, 3.63) is 71.6 Å². The van der Waals surface area contributed by atoms with Gasteiger partial charge in [-0.15, -0.1) is 0 Å². The van der Waals surface area contributed by atoms with E-state index in [1.54, 1.807) is 13.2 Å². The maximum absolute atomic E-state index is 13.3. The van der Waals surface area contributed by atoms with Crippen molar-refractivity contribution in [3.8, 4) is 5.75 Å². The Hall–Kier alpha value is -2.13. The van der Waals surface area contributed by atoms with Crippen LogP contribution < -0.4 is 10.5 Å². The van der Waals surface area contributed by atoms with Crippen molar-refractivity contribution in [1.82, 2.24) is 0 Å². The van der Waals surface area contributed by atoms with Crippen LogP contribution in [0.1, 0.15) is 11.1 Å². The number of ether oxygens (including phenoxy) is 1. The Morgan fingerprint density at radius 1 is 1.16 bits per heavy atom. The predicted octanol–water partition coefficient (Wildman–Crippen LogP) is 3.22. The van der Waals surface area contributed by atoms with Gasteiger partial charge in [0.05, 0.1) is 7.11 Å². The summed E-state index contributed by atoms with van der Waals surface area (Å²) in [7, 11) is 1.62. The Balaban J connectivity index is 2.48. The van der Waals surface area contributed by atoms with Gasteiger partial charge < -0.3 is 10.5 Å². The fourth-order valence-corrected chi connectivity index (χ4v) is 1.97. The number of nitrogens with two attached hydrogens (primary N) is 1. The zero-order valence-corrected chi connectivity index (χ0v) is 10.8. The van der Waals surface area contributed by atoms with Crippen molar-refractivity contribution in [3.63, 3.8) is 0 Å². The second-order valence-corrected chi connectivity index (χ2v) is 4.10. The summed E-state index contributed by atoms with van der Waals surface area (Å²) in [6, 6.07) is 14.1. The average Bonchev–Trinajstić information content (AvgIpc) is 2.45. The monoisotopic (exact) mass is 257 g/mol. The van der Waals surface area contributed by atoms with Gasteiger partial charge in [-0.1, -0.05) is 30.3 Å². The molecule has 2 aromatic carbocycles. The highest BCUT2D eigenvalue weighted by Crippen LogP contribution is 2.26. The van der Waals surface area contributed by atoms with E-state index >= 15 is 0 Å². The molecule has 0 aromatic heterocycles.